The first-order valence-electron chi connectivity index (χ1n) is 5.02. The van der Waals surface area contributed by atoms with Crippen LogP contribution in [0, 0.1) is 0 Å². The van der Waals surface area contributed by atoms with Gasteiger partial charge >= 0.3 is 37.5 Å². The molecule has 1 aromatic rings. The van der Waals surface area contributed by atoms with Gasteiger partial charge in [-0.3, -0.25) is 0 Å². The van der Waals surface area contributed by atoms with Crippen molar-refractivity contribution >= 4 is 23.9 Å². The first kappa shape index (κ1) is 20.4. The Bertz CT molecular complexity index is 483. The molecule has 0 aliphatic carbocycles. The van der Waals surface area contributed by atoms with Crippen molar-refractivity contribution in [3.63, 3.8) is 0 Å². The van der Waals surface area contributed by atoms with Gasteiger partial charge in [-0.15, -0.1) is 0 Å². The van der Waals surface area contributed by atoms with Crippen LogP contribution in [0.2, 0.25) is 0 Å². The average molecular weight is 380 g/mol. The van der Waals surface area contributed by atoms with Crippen molar-refractivity contribution in [1.29, 1.82) is 0 Å². The van der Waals surface area contributed by atoms with Crippen LogP contribution in [0.1, 0.15) is 5.56 Å². The summed E-state index contributed by atoms with van der Waals surface area (Å²) in [7, 11) is -1.55. The van der Waals surface area contributed by atoms with E-state index in [-0.39, 0.29) is 29.6 Å². The summed E-state index contributed by atoms with van der Waals surface area (Å²) in [5.41, 5.74) is -0.484. The maximum absolute atomic E-state index is 13.9. The van der Waals surface area contributed by atoms with Gasteiger partial charge in [0.05, 0.1) is 14.2 Å². The van der Waals surface area contributed by atoms with Gasteiger partial charge < -0.3 is 5.11 Å². The molecule has 1 aromatic carbocycles. The van der Waals surface area contributed by atoms with Crippen molar-refractivity contribution in [1.82, 2.24) is 0 Å². The number of halogens is 3. The topological polar surface area (TPSA) is 61.8 Å². The number of benzene rings is 1. The Labute approximate surface area is 146 Å². The van der Waals surface area contributed by atoms with Gasteiger partial charge in [0.1, 0.15) is 5.82 Å². The minimum atomic E-state index is -3.77. The molecule has 1 N–H and O–H groups in total. The third-order valence-corrected chi connectivity index (χ3v) is 4.40. The molecule has 0 atom stereocenters. The van der Waals surface area contributed by atoms with Crippen LogP contribution in [0.15, 0.2) is 40.3 Å². The molecule has 1 rings (SSSR count). The van der Waals surface area contributed by atoms with Crippen LogP contribution >= 0.6 is 23.9 Å². The molecule has 9 heteroatoms. The Morgan fingerprint density at radius 3 is 2.40 bits per heavy atom. The SMILES string of the molecule is CO[P+](O)(/C=C(\[O-])C(F)(F)c1cccc(Br)c1)OC.[Na+]. The van der Waals surface area contributed by atoms with Gasteiger partial charge in [0.2, 0.25) is 0 Å². The van der Waals surface area contributed by atoms with E-state index in [0.717, 1.165) is 26.4 Å². The molecule has 0 heterocycles. The molecule has 4 nitrogen and oxygen atoms in total. The summed E-state index contributed by atoms with van der Waals surface area (Å²) in [5.74, 6) is -4.95. The maximum Gasteiger partial charge on any atom is 1.00 e. The van der Waals surface area contributed by atoms with Gasteiger partial charge in [0.25, 0.3) is 5.92 Å². The van der Waals surface area contributed by atoms with Gasteiger partial charge in [-0.25, -0.2) is 0 Å². The van der Waals surface area contributed by atoms with Crippen LogP contribution in [0.3, 0.4) is 0 Å². The van der Waals surface area contributed by atoms with Gasteiger partial charge in [-0.1, -0.05) is 28.1 Å². The molecule has 0 amide bonds. The molecule has 0 aliphatic rings. The van der Waals surface area contributed by atoms with Crippen molar-refractivity contribution in [3.05, 3.63) is 45.9 Å². The average Bonchev–Trinajstić information content (AvgIpc) is 2.38. The number of allylic oxidation sites excluding steroid dienone is 1. The zero-order valence-electron chi connectivity index (χ0n) is 11.1. The van der Waals surface area contributed by atoms with Crippen LogP contribution in [-0.2, 0) is 15.0 Å². The monoisotopic (exact) mass is 379 g/mol. The van der Waals surface area contributed by atoms with Crippen molar-refractivity contribution < 1.29 is 57.4 Å². The van der Waals surface area contributed by atoms with E-state index < -0.39 is 25.2 Å². The molecular weight excluding hydrogens is 368 g/mol. The first-order chi connectivity index (χ1) is 8.75. The van der Waals surface area contributed by atoms with E-state index in [2.05, 4.69) is 25.0 Å². The molecule has 0 aromatic heterocycles. The smallest absolute Gasteiger partial charge is 0.869 e. The molecule has 0 unspecified atom stereocenters. The van der Waals surface area contributed by atoms with Crippen molar-refractivity contribution in [3.8, 4) is 0 Å². The molecule has 20 heavy (non-hydrogen) atoms. The largest absolute Gasteiger partial charge is 1.00 e. The third kappa shape index (κ3) is 5.00. The van der Waals surface area contributed by atoms with Crippen molar-refractivity contribution in [2.24, 2.45) is 0 Å². The van der Waals surface area contributed by atoms with Crippen molar-refractivity contribution in [2.75, 3.05) is 14.2 Å². The third-order valence-electron chi connectivity index (χ3n) is 2.30. The number of rotatable bonds is 5. The standard InChI is InChI=1S/C11H12BrF2O4P.Na/c1-17-19(16,18-2)7-10(15)11(13,14)8-4-3-5-9(12)6-8;/h3-7,16H,1-2H3;/q;+1/b10-7-;. The van der Waals surface area contributed by atoms with Gasteiger partial charge in [-0.05, 0) is 17.9 Å². The fraction of sp³-hybridized carbons (Fsp3) is 0.273. The van der Waals surface area contributed by atoms with Crippen LogP contribution in [0.4, 0.5) is 8.78 Å². The minimum absolute atomic E-state index is 0. The van der Waals surface area contributed by atoms with E-state index in [9.17, 15) is 18.8 Å². The number of hydrogen-bond donors (Lipinski definition) is 1. The summed E-state index contributed by atoms with van der Waals surface area (Å²) in [4.78, 5) is 9.61. The molecule has 0 bridgehead atoms. The summed E-state index contributed by atoms with van der Waals surface area (Å²) < 4.78 is 37.3. The predicted octanol–water partition coefficient (Wildman–Crippen LogP) is -0.206. The second kappa shape index (κ2) is 8.15. The second-order valence-corrected chi connectivity index (χ2v) is 6.54. The fourth-order valence-electron chi connectivity index (χ4n) is 1.24. The Morgan fingerprint density at radius 2 is 1.95 bits per heavy atom. The van der Waals surface area contributed by atoms with E-state index >= 15 is 0 Å². The minimum Gasteiger partial charge on any atom is -0.869 e. The summed E-state index contributed by atoms with van der Waals surface area (Å²) in [6, 6.07) is 5.19. The Kier molecular flexibility index (Phi) is 8.32. The van der Waals surface area contributed by atoms with E-state index in [0.29, 0.717) is 10.3 Å². The van der Waals surface area contributed by atoms with Crippen molar-refractivity contribution in [2.45, 2.75) is 5.92 Å². The number of alkyl halides is 2. The summed E-state index contributed by atoms with van der Waals surface area (Å²) in [6.45, 7) is 0. The zero-order valence-corrected chi connectivity index (χ0v) is 15.6. The molecule has 0 spiro atoms. The second-order valence-electron chi connectivity index (χ2n) is 3.51. The molecule has 0 fully saturated rings. The quantitative estimate of drug-likeness (QED) is 0.437. The van der Waals surface area contributed by atoms with Gasteiger partial charge in [-0.2, -0.15) is 22.7 Å². The van der Waals surface area contributed by atoms with E-state index in [1.54, 1.807) is 6.07 Å². The predicted molar refractivity (Wildman–Crippen MR) is 69.3 cm³/mol. The summed E-state index contributed by atoms with van der Waals surface area (Å²) in [6.07, 6.45) is 0. The Balaban J connectivity index is 0.00000361. The van der Waals surface area contributed by atoms with E-state index in [4.69, 9.17) is 0 Å². The fourth-order valence-corrected chi connectivity index (χ4v) is 2.45. The van der Waals surface area contributed by atoms with Crippen LogP contribution < -0.4 is 34.7 Å². The Morgan fingerprint density at radius 1 is 1.40 bits per heavy atom. The molecule has 0 radical (unpaired) electrons. The first-order valence-corrected chi connectivity index (χ1v) is 7.46. The number of hydrogen-bond acceptors (Lipinski definition) is 4. The maximum atomic E-state index is 13.9. The Hall–Kier alpha value is 0.410. The van der Waals surface area contributed by atoms with Gasteiger partial charge in [0, 0.05) is 10.0 Å². The normalized spacial score (nSPS) is 13.0. The molecule has 106 valence electrons. The van der Waals surface area contributed by atoms with Crippen LogP contribution in [-0.4, -0.2) is 19.1 Å². The van der Waals surface area contributed by atoms with Crippen LogP contribution in [0.25, 0.3) is 0 Å². The molecule has 0 saturated carbocycles. The summed E-state index contributed by atoms with van der Waals surface area (Å²) in [5, 5.41) is 11.6. The molecular formula is C11H12BrF2NaO4P+. The summed E-state index contributed by atoms with van der Waals surface area (Å²) >= 11 is 3.05. The van der Waals surface area contributed by atoms with Crippen LogP contribution in [0.5, 0.6) is 0 Å². The van der Waals surface area contributed by atoms with E-state index in [1.807, 2.05) is 0 Å². The van der Waals surface area contributed by atoms with E-state index in [1.165, 1.54) is 6.07 Å². The molecule has 0 aliphatic heterocycles. The zero-order chi connectivity index (χ0) is 14.7. The molecule has 0 saturated heterocycles. The van der Waals surface area contributed by atoms with Gasteiger partial charge in [0.15, 0.2) is 0 Å².